The number of methoxy groups -OCH3 is 1. The first-order valence-corrected chi connectivity index (χ1v) is 8.82. The number of rotatable bonds is 6. The third-order valence-corrected chi connectivity index (χ3v) is 5.28. The van der Waals surface area contributed by atoms with Crippen molar-refractivity contribution >= 4 is 10.9 Å². The van der Waals surface area contributed by atoms with Gasteiger partial charge in [0.1, 0.15) is 5.75 Å². The summed E-state index contributed by atoms with van der Waals surface area (Å²) < 4.78 is 5.33. The molecule has 0 spiro atoms. The second kappa shape index (κ2) is 6.72. The minimum atomic E-state index is -0.00563. The minimum Gasteiger partial charge on any atom is -0.497 e. The Kier molecular flexibility index (Phi) is 4.66. The van der Waals surface area contributed by atoms with E-state index in [9.17, 15) is 0 Å². The van der Waals surface area contributed by atoms with Crippen LogP contribution in [0.4, 0.5) is 0 Å². The van der Waals surface area contributed by atoms with Crippen LogP contribution in [0, 0.1) is 6.92 Å². The van der Waals surface area contributed by atoms with E-state index >= 15 is 0 Å². The summed E-state index contributed by atoms with van der Waals surface area (Å²) in [4.78, 5) is 3.51. The van der Waals surface area contributed by atoms with E-state index in [4.69, 9.17) is 4.74 Å². The number of unbranched alkanes of at least 4 members (excludes halogenated alkanes) is 1. The van der Waals surface area contributed by atoms with E-state index in [-0.39, 0.29) is 5.41 Å². The largest absolute Gasteiger partial charge is 0.497 e. The van der Waals surface area contributed by atoms with Gasteiger partial charge in [0.25, 0.3) is 0 Å². The van der Waals surface area contributed by atoms with Gasteiger partial charge in [-0.15, -0.1) is 0 Å². The van der Waals surface area contributed by atoms with Crippen molar-refractivity contribution in [1.29, 1.82) is 0 Å². The summed E-state index contributed by atoms with van der Waals surface area (Å²) in [5, 5.41) is 1.34. The quantitative estimate of drug-likeness (QED) is 0.593. The van der Waals surface area contributed by atoms with Gasteiger partial charge in [-0.3, -0.25) is 0 Å². The summed E-state index contributed by atoms with van der Waals surface area (Å²) >= 11 is 0. The molecule has 1 unspecified atom stereocenters. The van der Waals surface area contributed by atoms with Crippen LogP contribution in [0.3, 0.4) is 0 Å². The van der Waals surface area contributed by atoms with Crippen LogP contribution in [-0.2, 0) is 5.41 Å². The zero-order chi connectivity index (χ0) is 17.2. The summed E-state index contributed by atoms with van der Waals surface area (Å²) in [5.74, 6) is 0.909. The van der Waals surface area contributed by atoms with Gasteiger partial charge in [0, 0.05) is 22.5 Å². The maximum atomic E-state index is 5.33. The number of ether oxygens (including phenoxy) is 1. The first-order chi connectivity index (χ1) is 11.6. The number of aromatic nitrogens is 1. The van der Waals surface area contributed by atoms with Crippen LogP contribution in [0.2, 0.25) is 0 Å². The van der Waals surface area contributed by atoms with Crippen molar-refractivity contribution in [3.05, 3.63) is 65.4 Å². The van der Waals surface area contributed by atoms with Crippen molar-refractivity contribution in [3.63, 3.8) is 0 Å². The Balaban J connectivity index is 2.14. The SMILES string of the molecule is CCCCC(C)(c1ccc(OC)cc1)c1c[nH]c2c(C)cccc12. The molecule has 1 aromatic heterocycles. The third kappa shape index (κ3) is 2.82. The third-order valence-electron chi connectivity index (χ3n) is 5.28. The molecule has 0 bridgehead atoms. The van der Waals surface area contributed by atoms with E-state index in [0.29, 0.717) is 0 Å². The van der Waals surface area contributed by atoms with E-state index in [0.717, 1.165) is 12.2 Å². The standard InChI is InChI=1S/C22H27NO/c1-5-6-14-22(3,17-10-12-18(24-4)13-11-17)20-15-23-21-16(2)8-7-9-19(20)21/h7-13,15,23H,5-6,14H2,1-4H3. The highest BCUT2D eigenvalue weighted by Gasteiger charge is 2.31. The fourth-order valence-corrected chi connectivity index (χ4v) is 3.69. The lowest BCUT2D eigenvalue weighted by Crippen LogP contribution is -2.23. The van der Waals surface area contributed by atoms with Crippen LogP contribution in [0.5, 0.6) is 5.75 Å². The van der Waals surface area contributed by atoms with E-state index < -0.39 is 0 Å². The molecule has 1 heterocycles. The second-order valence-corrected chi connectivity index (χ2v) is 6.86. The number of fused-ring (bicyclic) bond motifs is 1. The highest BCUT2D eigenvalue weighted by Crippen LogP contribution is 2.41. The van der Waals surface area contributed by atoms with Crippen LogP contribution in [0.1, 0.15) is 49.8 Å². The minimum absolute atomic E-state index is 0.00563. The van der Waals surface area contributed by atoms with Crippen molar-refractivity contribution in [2.45, 2.75) is 45.4 Å². The number of H-pyrrole nitrogens is 1. The highest BCUT2D eigenvalue weighted by atomic mass is 16.5. The van der Waals surface area contributed by atoms with Crippen LogP contribution in [-0.4, -0.2) is 12.1 Å². The molecule has 0 aliphatic rings. The zero-order valence-electron chi connectivity index (χ0n) is 15.1. The van der Waals surface area contributed by atoms with Crippen molar-refractivity contribution < 1.29 is 4.74 Å². The summed E-state index contributed by atoms with van der Waals surface area (Å²) in [6.45, 7) is 6.79. The van der Waals surface area contributed by atoms with Gasteiger partial charge in [-0.2, -0.15) is 0 Å². The Morgan fingerprint density at radius 3 is 2.50 bits per heavy atom. The normalized spacial score (nSPS) is 13.8. The van der Waals surface area contributed by atoms with Crippen LogP contribution < -0.4 is 4.74 Å². The van der Waals surface area contributed by atoms with Crippen molar-refractivity contribution in [3.8, 4) is 5.75 Å². The Bertz CT molecular complexity index is 816. The van der Waals surface area contributed by atoms with E-state index in [1.54, 1.807) is 7.11 Å². The monoisotopic (exact) mass is 321 g/mol. The van der Waals surface area contributed by atoms with Gasteiger partial charge in [0.05, 0.1) is 7.11 Å². The molecule has 0 amide bonds. The van der Waals surface area contributed by atoms with Crippen LogP contribution in [0.25, 0.3) is 10.9 Å². The number of aromatic amines is 1. The molecule has 0 aliphatic carbocycles. The fraction of sp³-hybridized carbons (Fsp3) is 0.364. The summed E-state index contributed by atoms with van der Waals surface area (Å²) in [5.41, 5.74) is 5.28. The van der Waals surface area contributed by atoms with Crippen LogP contribution >= 0.6 is 0 Å². The van der Waals surface area contributed by atoms with Crippen molar-refractivity contribution in [1.82, 2.24) is 4.98 Å². The number of nitrogens with one attached hydrogen (secondary N) is 1. The van der Waals surface area contributed by atoms with E-state index in [2.05, 4.69) is 74.4 Å². The molecule has 3 aromatic rings. The lowest BCUT2D eigenvalue weighted by Gasteiger charge is -2.31. The molecule has 0 fully saturated rings. The molecule has 0 saturated carbocycles. The molecule has 1 atom stereocenters. The van der Waals surface area contributed by atoms with Gasteiger partial charge in [-0.1, -0.05) is 57.0 Å². The van der Waals surface area contributed by atoms with Crippen molar-refractivity contribution in [2.24, 2.45) is 0 Å². The van der Waals surface area contributed by atoms with Gasteiger partial charge in [0.2, 0.25) is 0 Å². The topological polar surface area (TPSA) is 25.0 Å². The Labute approximate surface area is 144 Å². The van der Waals surface area contributed by atoms with Gasteiger partial charge >= 0.3 is 0 Å². The number of benzene rings is 2. The Morgan fingerprint density at radius 2 is 1.83 bits per heavy atom. The highest BCUT2D eigenvalue weighted by molar-refractivity contribution is 5.87. The lowest BCUT2D eigenvalue weighted by molar-refractivity contribution is 0.414. The first-order valence-electron chi connectivity index (χ1n) is 8.82. The molecule has 0 aliphatic heterocycles. The summed E-state index contributed by atoms with van der Waals surface area (Å²) in [6, 6.07) is 15.1. The number of aryl methyl sites for hydroxylation is 1. The molecule has 2 heteroatoms. The van der Waals surface area contributed by atoms with Gasteiger partial charge in [0.15, 0.2) is 0 Å². The molecule has 0 saturated heterocycles. The predicted octanol–water partition coefficient (Wildman–Crippen LogP) is 5.98. The Morgan fingerprint density at radius 1 is 1.08 bits per heavy atom. The molecule has 2 nitrogen and oxygen atoms in total. The number of para-hydroxylation sites is 1. The Hall–Kier alpha value is -2.22. The summed E-state index contributed by atoms with van der Waals surface area (Å²) in [7, 11) is 1.72. The van der Waals surface area contributed by atoms with Crippen molar-refractivity contribution in [2.75, 3.05) is 7.11 Å². The summed E-state index contributed by atoms with van der Waals surface area (Å²) in [6.07, 6.45) is 5.75. The van der Waals surface area contributed by atoms with Gasteiger partial charge < -0.3 is 9.72 Å². The van der Waals surface area contributed by atoms with Gasteiger partial charge in [-0.05, 0) is 42.2 Å². The van der Waals surface area contributed by atoms with E-state index in [1.807, 2.05) is 0 Å². The molecule has 126 valence electrons. The fourth-order valence-electron chi connectivity index (χ4n) is 3.69. The average molecular weight is 321 g/mol. The zero-order valence-corrected chi connectivity index (χ0v) is 15.1. The first kappa shape index (κ1) is 16.6. The van der Waals surface area contributed by atoms with E-state index in [1.165, 1.54) is 40.4 Å². The second-order valence-electron chi connectivity index (χ2n) is 6.86. The molecule has 24 heavy (non-hydrogen) atoms. The maximum absolute atomic E-state index is 5.33. The molecule has 1 N–H and O–H groups in total. The molecular weight excluding hydrogens is 294 g/mol. The predicted molar refractivity (Wildman–Crippen MR) is 102 cm³/mol. The smallest absolute Gasteiger partial charge is 0.118 e. The lowest BCUT2D eigenvalue weighted by atomic mass is 9.72. The number of hydrogen-bond donors (Lipinski definition) is 1. The number of hydrogen-bond acceptors (Lipinski definition) is 1. The van der Waals surface area contributed by atoms with Crippen LogP contribution in [0.15, 0.2) is 48.7 Å². The molecular formula is C22H27NO. The van der Waals surface area contributed by atoms with Gasteiger partial charge in [-0.25, -0.2) is 0 Å². The molecule has 0 radical (unpaired) electrons. The molecule has 2 aromatic carbocycles. The molecule has 3 rings (SSSR count). The average Bonchev–Trinajstić information content (AvgIpc) is 3.06. The maximum Gasteiger partial charge on any atom is 0.118 e.